The van der Waals surface area contributed by atoms with Gasteiger partial charge in [-0.25, -0.2) is 0 Å². The summed E-state index contributed by atoms with van der Waals surface area (Å²) in [5, 5.41) is 9.43. The molecule has 1 amide bonds. The maximum Gasteiger partial charge on any atom is 0.221 e. The number of benzene rings is 1. The van der Waals surface area contributed by atoms with Crippen LogP contribution < -0.4 is 16.0 Å². The lowest BCUT2D eigenvalue weighted by molar-refractivity contribution is -0.120. The number of aliphatic imine (C=N–C) groups is 1. The number of hydrogen-bond acceptors (Lipinski definition) is 2. The Kier molecular flexibility index (Phi) is 9.66. The van der Waals surface area contributed by atoms with Gasteiger partial charge in [0.15, 0.2) is 5.96 Å². The fraction of sp³-hybridized carbons (Fsp3) is 0.600. The molecule has 1 aromatic rings. The molecule has 5 heteroatoms. The zero-order valence-electron chi connectivity index (χ0n) is 16.4. The first-order valence-corrected chi connectivity index (χ1v) is 9.29. The normalized spacial score (nSPS) is 12.8. The Hall–Kier alpha value is -2.04. The van der Waals surface area contributed by atoms with E-state index in [1.54, 1.807) is 7.05 Å². The summed E-state index contributed by atoms with van der Waals surface area (Å²) in [6.45, 7) is 9.91. The molecule has 25 heavy (non-hydrogen) atoms. The summed E-state index contributed by atoms with van der Waals surface area (Å²) < 4.78 is 0. The monoisotopic (exact) mass is 346 g/mol. The lowest BCUT2D eigenvalue weighted by atomic mass is 10.00. The van der Waals surface area contributed by atoms with Crippen molar-refractivity contribution >= 4 is 11.9 Å². The molecular formula is C20H34N4O. The second-order valence-corrected chi connectivity index (χ2v) is 6.80. The van der Waals surface area contributed by atoms with E-state index in [0.717, 1.165) is 19.4 Å². The summed E-state index contributed by atoms with van der Waals surface area (Å²) in [6.07, 6.45) is 2.50. The van der Waals surface area contributed by atoms with E-state index >= 15 is 0 Å². The molecule has 5 nitrogen and oxygen atoms in total. The Labute approximate surface area is 152 Å². The molecule has 1 aromatic carbocycles. The number of hydrogen-bond donors (Lipinski definition) is 3. The van der Waals surface area contributed by atoms with E-state index in [1.807, 2.05) is 6.92 Å². The summed E-state index contributed by atoms with van der Waals surface area (Å²) in [5.41, 5.74) is 2.59. The molecule has 3 N–H and O–H groups in total. The second kappa shape index (κ2) is 11.5. The second-order valence-electron chi connectivity index (χ2n) is 6.80. The molecule has 0 aliphatic heterocycles. The van der Waals surface area contributed by atoms with Gasteiger partial charge in [-0.1, -0.05) is 45.0 Å². The number of guanidine groups is 1. The van der Waals surface area contributed by atoms with E-state index in [1.165, 1.54) is 11.1 Å². The minimum absolute atomic E-state index is 0.0681. The third kappa shape index (κ3) is 8.57. The van der Waals surface area contributed by atoms with Gasteiger partial charge in [0.1, 0.15) is 0 Å². The molecule has 0 aromatic heterocycles. The van der Waals surface area contributed by atoms with Gasteiger partial charge in [0.05, 0.1) is 6.04 Å². The highest BCUT2D eigenvalue weighted by atomic mass is 16.1. The van der Waals surface area contributed by atoms with Crippen LogP contribution in [0.3, 0.4) is 0 Å². The van der Waals surface area contributed by atoms with E-state index in [-0.39, 0.29) is 11.9 Å². The van der Waals surface area contributed by atoms with Crippen LogP contribution >= 0.6 is 0 Å². The van der Waals surface area contributed by atoms with Crippen molar-refractivity contribution in [1.29, 1.82) is 0 Å². The van der Waals surface area contributed by atoms with Gasteiger partial charge in [0.25, 0.3) is 0 Å². The summed E-state index contributed by atoms with van der Waals surface area (Å²) >= 11 is 0. The molecule has 0 radical (unpaired) electrons. The first-order valence-electron chi connectivity index (χ1n) is 9.29. The quantitative estimate of drug-likeness (QED) is 0.476. The molecule has 0 fully saturated rings. The highest BCUT2D eigenvalue weighted by Crippen LogP contribution is 2.15. The first-order chi connectivity index (χ1) is 12.0. The third-order valence-corrected chi connectivity index (χ3v) is 3.92. The van der Waals surface area contributed by atoms with E-state index in [0.29, 0.717) is 24.8 Å². The van der Waals surface area contributed by atoms with Gasteiger partial charge in [0.2, 0.25) is 5.91 Å². The Morgan fingerprint density at radius 3 is 2.32 bits per heavy atom. The highest BCUT2D eigenvalue weighted by molar-refractivity contribution is 5.81. The summed E-state index contributed by atoms with van der Waals surface area (Å²) in [6, 6.07) is 8.87. The van der Waals surface area contributed by atoms with Crippen molar-refractivity contribution in [2.75, 3.05) is 20.1 Å². The third-order valence-electron chi connectivity index (χ3n) is 3.92. The van der Waals surface area contributed by atoms with Gasteiger partial charge >= 0.3 is 0 Å². The number of carbonyl (C=O) groups excluding carboxylic acids is 1. The minimum atomic E-state index is 0.0681. The number of nitrogens with one attached hydrogen (secondary N) is 3. The fourth-order valence-corrected chi connectivity index (χ4v) is 2.54. The number of nitrogens with zero attached hydrogens (tertiary/aromatic N) is 1. The number of rotatable bonds is 9. The highest BCUT2D eigenvalue weighted by Gasteiger charge is 2.09. The van der Waals surface area contributed by atoms with Crippen LogP contribution in [0.1, 0.15) is 57.7 Å². The lowest BCUT2D eigenvalue weighted by Gasteiger charge is -2.18. The zero-order chi connectivity index (χ0) is 18.7. The Bertz CT molecular complexity index is 537. The predicted molar refractivity (Wildman–Crippen MR) is 106 cm³/mol. The summed E-state index contributed by atoms with van der Waals surface area (Å²) in [5.74, 6) is 1.44. The number of amides is 1. The van der Waals surface area contributed by atoms with Crippen molar-refractivity contribution < 1.29 is 4.79 Å². The molecule has 0 saturated carbocycles. The van der Waals surface area contributed by atoms with Crippen LogP contribution in [0.15, 0.2) is 29.3 Å². The smallest absolute Gasteiger partial charge is 0.221 e. The zero-order valence-corrected chi connectivity index (χ0v) is 16.4. The average molecular weight is 347 g/mol. The van der Waals surface area contributed by atoms with Crippen molar-refractivity contribution in [3.63, 3.8) is 0 Å². The molecule has 1 rings (SSSR count). The van der Waals surface area contributed by atoms with Crippen molar-refractivity contribution in [2.45, 2.75) is 53.0 Å². The maximum atomic E-state index is 11.6. The van der Waals surface area contributed by atoms with E-state index in [4.69, 9.17) is 0 Å². The molecule has 0 bridgehead atoms. The largest absolute Gasteiger partial charge is 0.356 e. The van der Waals surface area contributed by atoms with Gasteiger partial charge in [0, 0.05) is 26.6 Å². The minimum Gasteiger partial charge on any atom is -0.356 e. The Morgan fingerprint density at radius 1 is 1.08 bits per heavy atom. The molecule has 140 valence electrons. The van der Waals surface area contributed by atoms with Crippen LogP contribution in [0.25, 0.3) is 0 Å². The van der Waals surface area contributed by atoms with Crippen molar-refractivity contribution in [2.24, 2.45) is 10.9 Å². The molecule has 1 atom stereocenters. The van der Waals surface area contributed by atoms with Crippen LogP contribution in [-0.4, -0.2) is 32.0 Å². The van der Waals surface area contributed by atoms with Crippen LogP contribution in [-0.2, 0) is 11.2 Å². The van der Waals surface area contributed by atoms with Crippen LogP contribution in [0, 0.1) is 5.92 Å². The molecule has 0 heterocycles. The predicted octanol–water partition coefficient (Wildman–Crippen LogP) is 3.03. The fourth-order valence-electron chi connectivity index (χ4n) is 2.54. The molecule has 0 spiro atoms. The SMILES string of the molecule is CCCNC(=O)CCNC(=NC)NC(C)c1ccc(CC(C)C)cc1. The van der Waals surface area contributed by atoms with Crippen molar-refractivity contribution in [1.82, 2.24) is 16.0 Å². The Balaban J connectivity index is 2.45. The average Bonchev–Trinajstić information content (AvgIpc) is 2.59. The number of carbonyl (C=O) groups is 1. The van der Waals surface area contributed by atoms with Gasteiger partial charge in [-0.2, -0.15) is 0 Å². The molecular weight excluding hydrogens is 312 g/mol. The van der Waals surface area contributed by atoms with Gasteiger partial charge in [-0.05, 0) is 36.8 Å². The van der Waals surface area contributed by atoms with E-state index in [9.17, 15) is 4.79 Å². The van der Waals surface area contributed by atoms with Crippen LogP contribution in [0.2, 0.25) is 0 Å². The maximum absolute atomic E-state index is 11.6. The molecule has 0 saturated heterocycles. The van der Waals surface area contributed by atoms with Gasteiger partial charge in [-0.3, -0.25) is 9.79 Å². The molecule has 0 aliphatic rings. The van der Waals surface area contributed by atoms with Crippen LogP contribution in [0.4, 0.5) is 0 Å². The van der Waals surface area contributed by atoms with Gasteiger partial charge in [-0.15, -0.1) is 0 Å². The molecule has 0 aliphatic carbocycles. The van der Waals surface area contributed by atoms with Gasteiger partial charge < -0.3 is 16.0 Å². The van der Waals surface area contributed by atoms with E-state index in [2.05, 4.69) is 66.0 Å². The topological polar surface area (TPSA) is 65.5 Å². The van der Waals surface area contributed by atoms with Crippen molar-refractivity contribution in [3.05, 3.63) is 35.4 Å². The summed E-state index contributed by atoms with van der Waals surface area (Å²) in [4.78, 5) is 15.8. The van der Waals surface area contributed by atoms with Crippen molar-refractivity contribution in [3.8, 4) is 0 Å². The van der Waals surface area contributed by atoms with Crippen LogP contribution in [0.5, 0.6) is 0 Å². The first kappa shape index (κ1) is 21.0. The Morgan fingerprint density at radius 2 is 1.76 bits per heavy atom. The molecule has 1 unspecified atom stereocenters. The van der Waals surface area contributed by atoms with E-state index < -0.39 is 0 Å². The standard InChI is InChI=1S/C20H34N4O/c1-6-12-22-19(25)11-13-23-20(21-5)24-16(4)18-9-7-17(8-10-18)14-15(2)3/h7-10,15-16H,6,11-14H2,1-5H3,(H,22,25)(H2,21,23,24). The summed E-state index contributed by atoms with van der Waals surface area (Å²) in [7, 11) is 1.74. The lowest BCUT2D eigenvalue weighted by Crippen LogP contribution is -2.40.